The standard InChI is InChI=1S/C50H97NO6S/c1-3-5-7-9-11-13-15-17-19-21-23-24-25-27-29-31-33-35-37-39-41-43-45-49(53)50(54)51-47(46-58(55,56)57)48(52)44-42-40-38-36-34-32-30-28-26-22-20-18-16-14-12-10-8-6-4-2/h34,36,42,44,47-49,52-53H,3-33,35,37-41,43,45-46H2,1-2H3,(H,51,54)(H,55,56,57)/b36-34+,44-42+. The molecule has 0 aliphatic rings. The maximum atomic E-state index is 12.7. The van der Waals surface area contributed by atoms with Crippen molar-refractivity contribution >= 4 is 16.0 Å². The number of carbonyl (C=O) groups excluding carboxylic acids is 1. The van der Waals surface area contributed by atoms with Gasteiger partial charge in [-0.2, -0.15) is 8.42 Å². The van der Waals surface area contributed by atoms with Gasteiger partial charge in [-0.25, -0.2) is 0 Å². The number of aliphatic hydroxyl groups is 2. The van der Waals surface area contributed by atoms with Gasteiger partial charge in [-0.1, -0.05) is 256 Å². The SMILES string of the molecule is CCCCCCCCCCCCCCC/C=C/CC/C=C/C(O)C(CS(=O)(=O)O)NC(=O)C(O)CCCCCCCCCCCCCCCCCCCCCCCC. The lowest BCUT2D eigenvalue weighted by atomic mass is 10.0. The van der Waals surface area contributed by atoms with Crippen LogP contribution < -0.4 is 5.32 Å². The van der Waals surface area contributed by atoms with Gasteiger partial charge >= 0.3 is 0 Å². The van der Waals surface area contributed by atoms with Crippen LogP contribution in [-0.2, 0) is 14.9 Å². The minimum absolute atomic E-state index is 0.279. The summed E-state index contributed by atoms with van der Waals surface area (Å²) in [5, 5.41) is 23.5. The third-order valence-electron chi connectivity index (χ3n) is 11.7. The molecule has 1 amide bonds. The van der Waals surface area contributed by atoms with E-state index in [9.17, 15) is 28.0 Å². The van der Waals surface area contributed by atoms with Crippen LogP contribution in [0.25, 0.3) is 0 Å². The zero-order valence-electron chi connectivity index (χ0n) is 38.3. The Morgan fingerprint density at radius 3 is 1.14 bits per heavy atom. The zero-order chi connectivity index (χ0) is 42.6. The monoisotopic (exact) mass is 840 g/mol. The number of nitrogens with one attached hydrogen (secondary N) is 1. The molecular weight excluding hydrogens is 743 g/mol. The van der Waals surface area contributed by atoms with E-state index in [1.807, 2.05) is 0 Å². The number of hydrogen-bond donors (Lipinski definition) is 4. The molecule has 0 aromatic heterocycles. The van der Waals surface area contributed by atoms with Crippen LogP contribution in [0, 0.1) is 0 Å². The van der Waals surface area contributed by atoms with Crippen LogP contribution in [0.2, 0.25) is 0 Å². The summed E-state index contributed by atoms with van der Waals surface area (Å²) in [4.78, 5) is 12.7. The highest BCUT2D eigenvalue weighted by molar-refractivity contribution is 7.85. The van der Waals surface area contributed by atoms with Crippen molar-refractivity contribution in [3.05, 3.63) is 24.3 Å². The highest BCUT2D eigenvalue weighted by Crippen LogP contribution is 2.17. The molecule has 4 N–H and O–H groups in total. The molecule has 0 saturated carbocycles. The lowest BCUT2D eigenvalue weighted by Gasteiger charge is -2.22. The second kappa shape index (κ2) is 43.9. The molecule has 0 saturated heterocycles. The molecule has 0 bridgehead atoms. The van der Waals surface area contributed by atoms with Gasteiger partial charge in [0.1, 0.15) is 6.10 Å². The van der Waals surface area contributed by atoms with Crippen LogP contribution in [0.3, 0.4) is 0 Å². The van der Waals surface area contributed by atoms with Crippen molar-refractivity contribution in [3.8, 4) is 0 Å². The Morgan fingerprint density at radius 1 is 0.466 bits per heavy atom. The number of hydrogen-bond acceptors (Lipinski definition) is 5. The molecule has 0 aliphatic carbocycles. The average Bonchev–Trinajstić information content (AvgIpc) is 3.19. The molecule has 0 spiro atoms. The molecule has 0 fully saturated rings. The Bertz CT molecular complexity index is 1030. The van der Waals surface area contributed by atoms with Gasteiger partial charge < -0.3 is 15.5 Å². The zero-order valence-corrected chi connectivity index (χ0v) is 39.1. The summed E-state index contributed by atoms with van der Waals surface area (Å²) in [5.41, 5.74) is 0. The molecule has 0 heterocycles. The Labute approximate surface area is 360 Å². The summed E-state index contributed by atoms with van der Waals surface area (Å²) in [6, 6.07) is -1.25. The highest BCUT2D eigenvalue weighted by Gasteiger charge is 2.27. The van der Waals surface area contributed by atoms with E-state index in [2.05, 4.69) is 31.3 Å². The Balaban J connectivity index is 3.91. The summed E-state index contributed by atoms with van der Waals surface area (Å²) in [5.74, 6) is -1.55. The molecule has 7 nitrogen and oxygen atoms in total. The van der Waals surface area contributed by atoms with Crippen molar-refractivity contribution in [2.24, 2.45) is 0 Å². The quantitative estimate of drug-likeness (QED) is 0.0275. The van der Waals surface area contributed by atoms with Crippen LogP contribution >= 0.6 is 0 Å². The van der Waals surface area contributed by atoms with Gasteiger partial charge in [-0.3, -0.25) is 9.35 Å². The first-order valence-corrected chi connectivity index (χ1v) is 26.8. The minimum atomic E-state index is -4.45. The number of unbranched alkanes of at least 4 members (excludes halogenated alkanes) is 35. The molecule has 0 aromatic rings. The Kier molecular flexibility index (Phi) is 42.9. The summed E-state index contributed by atoms with van der Waals surface area (Å²) >= 11 is 0. The minimum Gasteiger partial charge on any atom is -0.387 e. The largest absolute Gasteiger partial charge is 0.387 e. The van der Waals surface area contributed by atoms with E-state index in [1.54, 1.807) is 6.08 Å². The molecule has 58 heavy (non-hydrogen) atoms. The van der Waals surface area contributed by atoms with E-state index in [0.29, 0.717) is 12.8 Å². The third-order valence-corrected chi connectivity index (χ3v) is 12.5. The van der Waals surface area contributed by atoms with E-state index in [-0.39, 0.29) is 6.42 Å². The van der Waals surface area contributed by atoms with Crippen molar-refractivity contribution in [2.45, 2.75) is 283 Å². The Morgan fingerprint density at radius 2 is 0.776 bits per heavy atom. The van der Waals surface area contributed by atoms with Gasteiger partial charge in [-0.15, -0.1) is 0 Å². The molecule has 3 unspecified atom stereocenters. The van der Waals surface area contributed by atoms with Crippen molar-refractivity contribution < 1.29 is 28.0 Å². The van der Waals surface area contributed by atoms with Gasteiger partial charge in [0.15, 0.2) is 0 Å². The predicted octanol–water partition coefficient (Wildman–Crippen LogP) is 14.4. The number of aliphatic hydroxyl groups excluding tert-OH is 2. The molecule has 3 atom stereocenters. The average molecular weight is 840 g/mol. The van der Waals surface area contributed by atoms with Crippen LogP contribution in [-0.4, -0.2) is 53.1 Å². The normalized spacial score (nSPS) is 13.8. The second-order valence-electron chi connectivity index (χ2n) is 17.6. The fraction of sp³-hybridized carbons (Fsp3) is 0.900. The predicted molar refractivity (Wildman–Crippen MR) is 250 cm³/mol. The number of rotatable bonds is 46. The first-order chi connectivity index (χ1) is 28.2. The number of allylic oxidation sites excluding steroid dienone is 3. The molecule has 344 valence electrons. The first kappa shape index (κ1) is 56.8. The second-order valence-corrected chi connectivity index (χ2v) is 19.1. The smallest absolute Gasteiger partial charge is 0.267 e. The van der Waals surface area contributed by atoms with Crippen molar-refractivity contribution in [1.82, 2.24) is 5.32 Å². The van der Waals surface area contributed by atoms with Gasteiger partial charge in [0.2, 0.25) is 5.91 Å². The number of amides is 1. The lowest BCUT2D eigenvalue weighted by molar-refractivity contribution is -0.130. The molecule has 0 aromatic carbocycles. The van der Waals surface area contributed by atoms with Gasteiger partial charge in [0.05, 0.1) is 17.9 Å². The van der Waals surface area contributed by atoms with Gasteiger partial charge in [0.25, 0.3) is 10.1 Å². The Hall–Kier alpha value is -1.22. The van der Waals surface area contributed by atoms with E-state index >= 15 is 0 Å². The fourth-order valence-electron chi connectivity index (χ4n) is 7.89. The molecule has 0 rings (SSSR count). The summed E-state index contributed by atoms with van der Waals surface area (Å²) in [6.45, 7) is 4.55. The van der Waals surface area contributed by atoms with Gasteiger partial charge in [-0.05, 0) is 32.1 Å². The first-order valence-electron chi connectivity index (χ1n) is 25.1. The van der Waals surface area contributed by atoms with E-state index in [0.717, 1.165) is 32.1 Å². The van der Waals surface area contributed by atoms with Gasteiger partial charge in [0, 0.05) is 0 Å². The van der Waals surface area contributed by atoms with Crippen molar-refractivity contribution in [3.63, 3.8) is 0 Å². The van der Waals surface area contributed by atoms with Crippen molar-refractivity contribution in [1.29, 1.82) is 0 Å². The third kappa shape index (κ3) is 42.9. The summed E-state index contributed by atoms with van der Waals surface area (Å²) in [6.07, 6.45) is 53.9. The van der Waals surface area contributed by atoms with Crippen LogP contribution in [0.4, 0.5) is 0 Å². The molecule has 8 heteroatoms. The fourth-order valence-corrected chi connectivity index (χ4v) is 8.62. The maximum absolute atomic E-state index is 12.7. The van der Waals surface area contributed by atoms with Crippen LogP contribution in [0.15, 0.2) is 24.3 Å². The van der Waals surface area contributed by atoms with Crippen LogP contribution in [0.1, 0.15) is 264 Å². The highest BCUT2D eigenvalue weighted by atomic mass is 32.2. The topological polar surface area (TPSA) is 124 Å². The molecule has 0 aliphatic heterocycles. The molecular formula is C50H97NO6S. The number of carbonyl (C=O) groups is 1. The van der Waals surface area contributed by atoms with E-state index in [4.69, 9.17) is 0 Å². The summed E-state index contributed by atoms with van der Waals surface area (Å²) in [7, 11) is -4.45. The van der Waals surface area contributed by atoms with E-state index in [1.165, 1.54) is 205 Å². The van der Waals surface area contributed by atoms with Crippen LogP contribution in [0.5, 0.6) is 0 Å². The summed E-state index contributed by atoms with van der Waals surface area (Å²) < 4.78 is 32.7. The van der Waals surface area contributed by atoms with E-state index < -0.39 is 40.0 Å². The lowest BCUT2D eigenvalue weighted by Crippen LogP contribution is -2.50. The maximum Gasteiger partial charge on any atom is 0.267 e. The molecule has 0 radical (unpaired) electrons. The van der Waals surface area contributed by atoms with Crippen molar-refractivity contribution in [2.75, 3.05) is 5.75 Å².